The van der Waals surface area contributed by atoms with Crippen LogP contribution in [0.4, 0.5) is 5.69 Å². The zero-order valence-electron chi connectivity index (χ0n) is 10.8. The highest BCUT2D eigenvalue weighted by molar-refractivity contribution is 7.89. The summed E-state index contributed by atoms with van der Waals surface area (Å²) in [5.74, 6) is 3.03. The van der Waals surface area contributed by atoms with Crippen LogP contribution < -0.4 is 15.2 Å². The summed E-state index contributed by atoms with van der Waals surface area (Å²) in [5.41, 5.74) is 5.87. The fourth-order valence-electron chi connectivity index (χ4n) is 1.53. The van der Waals surface area contributed by atoms with E-state index in [1.54, 1.807) is 6.07 Å². The van der Waals surface area contributed by atoms with E-state index in [1.165, 1.54) is 19.2 Å². The van der Waals surface area contributed by atoms with E-state index in [-0.39, 0.29) is 10.6 Å². The van der Waals surface area contributed by atoms with Gasteiger partial charge in [-0.2, -0.15) is 0 Å². The van der Waals surface area contributed by atoms with Gasteiger partial charge in [0.05, 0.1) is 12.8 Å². The van der Waals surface area contributed by atoms with Crippen LogP contribution >= 0.6 is 0 Å². The minimum absolute atomic E-state index is 0.0604. The number of nitrogen functional groups attached to an aromatic ring is 1. The first-order valence-electron chi connectivity index (χ1n) is 5.88. The molecule has 0 aliphatic rings. The number of terminal acetylenes is 1. The third-order valence-corrected chi connectivity index (χ3v) is 4.08. The van der Waals surface area contributed by atoms with Crippen molar-refractivity contribution >= 4 is 15.7 Å². The number of rotatable bonds is 7. The molecule has 0 atom stereocenters. The normalized spacial score (nSPS) is 10.9. The Morgan fingerprint density at radius 1 is 1.42 bits per heavy atom. The van der Waals surface area contributed by atoms with E-state index in [4.69, 9.17) is 16.9 Å². The molecule has 0 radical (unpaired) electrons. The Morgan fingerprint density at radius 3 is 2.74 bits per heavy atom. The lowest BCUT2D eigenvalue weighted by atomic mass is 10.2. The molecule has 0 spiro atoms. The number of ether oxygens (including phenoxy) is 1. The van der Waals surface area contributed by atoms with E-state index < -0.39 is 10.0 Å². The van der Waals surface area contributed by atoms with E-state index in [0.717, 1.165) is 6.42 Å². The largest absolute Gasteiger partial charge is 0.497 e. The van der Waals surface area contributed by atoms with Crippen molar-refractivity contribution in [2.45, 2.75) is 24.2 Å². The number of benzene rings is 1. The highest BCUT2D eigenvalue weighted by Crippen LogP contribution is 2.23. The second-order valence-electron chi connectivity index (χ2n) is 3.96. The zero-order valence-corrected chi connectivity index (χ0v) is 11.7. The number of anilines is 1. The number of hydrogen-bond acceptors (Lipinski definition) is 4. The molecule has 1 aromatic carbocycles. The van der Waals surface area contributed by atoms with Gasteiger partial charge in [-0.05, 0) is 25.0 Å². The average molecular weight is 282 g/mol. The van der Waals surface area contributed by atoms with Crippen LogP contribution in [0.15, 0.2) is 23.1 Å². The third kappa shape index (κ3) is 4.47. The highest BCUT2D eigenvalue weighted by Gasteiger charge is 2.17. The fraction of sp³-hybridized carbons (Fsp3) is 0.385. The predicted octanol–water partition coefficient (Wildman–Crippen LogP) is 1.36. The first-order chi connectivity index (χ1) is 9.01. The van der Waals surface area contributed by atoms with Gasteiger partial charge in [0.25, 0.3) is 0 Å². The molecule has 0 fully saturated rings. The van der Waals surface area contributed by atoms with Crippen LogP contribution in [0.3, 0.4) is 0 Å². The second kappa shape index (κ2) is 7.02. The highest BCUT2D eigenvalue weighted by atomic mass is 32.2. The molecular formula is C13H18N2O3S. The maximum atomic E-state index is 12.0. The van der Waals surface area contributed by atoms with Crippen LogP contribution in [0.2, 0.25) is 0 Å². The quantitative estimate of drug-likeness (QED) is 0.449. The number of nitrogens with one attached hydrogen (secondary N) is 1. The monoisotopic (exact) mass is 282 g/mol. The van der Waals surface area contributed by atoms with E-state index in [9.17, 15) is 8.42 Å². The van der Waals surface area contributed by atoms with E-state index in [0.29, 0.717) is 25.1 Å². The van der Waals surface area contributed by atoms with Gasteiger partial charge in [-0.25, -0.2) is 13.1 Å². The van der Waals surface area contributed by atoms with Crippen molar-refractivity contribution < 1.29 is 13.2 Å². The molecule has 0 saturated heterocycles. The fourth-order valence-corrected chi connectivity index (χ4v) is 2.72. The molecule has 0 aromatic heterocycles. The van der Waals surface area contributed by atoms with Crippen molar-refractivity contribution in [1.29, 1.82) is 0 Å². The maximum Gasteiger partial charge on any atom is 0.242 e. The molecule has 104 valence electrons. The topological polar surface area (TPSA) is 81.4 Å². The second-order valence-corrected chi connectivity index (χ2v) is 5.70. The Kier molecular flexibility index (Phi) is 5.67. The van der Waals surface area contributed by atoms with Gasteiger partial charge < -0.3 is 10.5 Å². The SMILES string of the molecule is C#CCCCCNS(=O)(=O)c1ccc(OC)cc1N. The minimum atomic E-state index is -3.59. The minimum Gasteiger partial charge on any atom is -0.497 e. The predicted molar refractivity (Wildman–Crippen MR) is 75.3 cm³/mol. The number of nitrogens with two attached hydrogens (primary N) is 1. The molecule has 1 aromatic rings. The first kappa shape index (κ1) is 15.3. The van der Waals surface area contributed by atoms with Crippen molar-refractivity contribution in [1.82, 2.24) is 4.72 Å². The molecular weight excluding hydrogens is 264 g/mol. The van der Waals surface area contributed by atoms with Crippen molar-refractivity contribution in [3.05, 3.63) is 18.2 Å². The van der Waals surface area contributed by atoms with Crippen LogP contribution in [0.1, 0.15) is 19.3 Å². The molecule has 0 bridgehead atoms. The summed E-state index contributed by atoms with van der Waals surface area (Å²) >= 11 is 0. The summed E-state index contributed by atoms with van der Waals surface area (Å²) < 4.78 is 31.5. The van der Waals surface area contributed by atoms with Gasteiger partial charge in [0.1, 0.15) is 10.6 Å². The Hall–Kier alpha value is -1.71. The smallest absolute Gasteiger partial charge is 0.242 e. The van der Waals surface area contributed by atoms with Crippen molar-refractivity contribution in [2.75, 3.05) is 19.4 Å². The van der Waals surface area contributed by atoms with Gasteiger partial charge in [0.15, 0.2) is 0 Å². The summed E-state index contributed by atoms with van der Waals surface area (Å²) in [6, 6.07) is 4.47. The lowest BCUT2D eigenvalue weighted by molar-refractivity contribution is 0.414. The molecule has 5 nitrogen and oxygen atoms in total. The first-order valence-corrected chi connectivity index (χ1v) is 7.36. The van der Waals surface area contributed by atoms with Gasteiger partial charge >= 0.3 is 0 Å². The maximum absolute atomic E-state index is 12.0. The summed E-state index contributed by atoms with van der Waals surface area (Å²) in [4.78, 5) is 0.0604. The average Bonchev–Trinajstić information content (AvgIpc) is 2.37. The lowest BCUT2D eigenvalue weighted by Gasteiger charge is -2.10. The Balaban J connectivity index is 2.70. The molecule has 0 saturated carbocycles. The summed E-state index contributed by atoms with van der Waals surface area (Å²) in [6.07, 6.45) is 7.25. The van der Waals surface area contributed by atoms with E-state index in [1.807, 2.05) is 0 Å². The van der Waals surface area contributed by atoms with Crippen molar-refractivity contribution in [2.24, 2.45) is 0 Å². The number of unbranched alkanes of at least 4 members (excludes halogenated alkanes) is 2. The van der Waals surface area contributed by atoms with E-state index in [2.05, 4.69) is 10.6 Å². The van der Waals surface area contributed by atoms with Gasteiger partial charge in [-0.3, -0.25) is 0 Å². The van der Waals surface area contributed by atoms with Gasteiger partial charge in [-0.1, -0.05) is 0 Å². The third-order valence-electron chi connectivity index (χ3n) is 2.55. The summed E-state index contributed by atoms with van der Waals surface area (Å²) in [7, 11) is -2.09. The van der Waals surface area contributed by atoms with Crippen molar-refractivity contribution in [3.8, 4) is 18.1 Å². The summed E-state index contributed by atoms with van der Waals surface area (Å²) in [5, 5.41) is 0. The molecule has 3 N–H and O–H groups in total. The van der Waals surface area contributed by atoms with Gasteiger partial charge in [0.2, 0.25) is 10.0 Å². The molecule has 1 rings (SSSR count). The molecule has 0 amide bonds. The molecule has 19 heavy (non-hydrogen) atoms. The zero-order chi connectivity index (χ0) is 14.3. The number of methoxy groups -OCH3 is 1. The van der Waals surface area contributed by atoms with E-state index >= 15 is 0 Å². The Morgan fingerprint density at radius 2 is 2.16 bits per heavy atom. The van der Waals surface area contributed by atoms with Crippen LogP contribution in [0.5, 0.6) is 5.75 Å². The van der Waals surface area contributed by atoms with Crippen LogP contribution in [-0.2, 0) is 10.0 Å². The molecule has 0 heterocycles. The number of sulfonamides is 1. The molecule has 6 heteroatoms. The number of hydrogen-bond donors (Lipinski definition) is 2. The van der Waals surface area contributed by atoms with Gasteiger partial charge in [0, 0.05) is 19.0 Å². The van der Waals surface area contributed by atoms with Crippen LogP contribution in [0, 0.1) is 12.3 Å². The van der Waals surface area contributed by atoms with Crippen LogP contribution in [-0.4, -0.2) is 22.1 Å². The van der Waals surface area contributed by atoms with Crippen LogP contribution in [0.25, 0.3) is 0 Å². The van der Waals surface area contributed by atoms with Gasteiger partial charge in [-0.15, -0.1) is 12.3 Å². The lowest BCUT2D eigenvalue weighted by Crippen LogP contribution is -2.25. The Labute approximate surface area is 114 Å². The molecule has 0 aliphatic carbocycles. The standard InChI is InChI=1S/C13H18N2O3S/c1-3-4-5-6-9-15-19(16,17)13-8-7-11(18-2)10-12(13)14/h1,7-8,10,15H,4-6,9,14H2,2H3. The Bertz CT molecular complexity index is 562. The summed E-state index contributed by atoms with van der Waals surface area (Å²) in [6.45, 7) is 0.343. The molecule has 0 unspecified atom stereocenters. The van der Waals surface area contributed by atoms with Crippen molar-refractivity contribution in [3.63, 3.8) is 0 Å². The molecule has 0 aliphatic heterocycles.